The summed E-state index contributed by atoms with van der Waals surface area (Å²) in [5.41, 5.74) is -0.529. The van der Waals surface area contributed by atoms with Crippen molar-refractivity contribution in [2.45, 2.75) is 30.3 Å². The number of hydrogen-bond acceptors (Lipinski definition) is 3. The number of benzene rings is 1. The van der Waals surface area contributed by atoms with E-state index >= 15 is 0 Å². The first-order chi connectivity index (χ1) is 8.55. The van der Waals surface area contributed by atoms with Gasteiger partial charge in [0.05, 0.1) is 5.60 Å². The number of β-amino-alcohol motifs (C(OH)–C–C–N with tert-alkyl or cyclic N) is 1. The van der Waals surface area contributed by atoms with Gasteiger partial charge >= 0.3 is 0 Å². The van der Waals surface area contributed by atoms with E-state index in [1.165, 1.54) is 12.1 Å². The standard InChI is InChI=1S/C14H20FNOS/c1-14(17)7-2-8-16(11-14)9-10-18-13-5-3-12(15)4-6-13/h3-6,17H,2,7-11H2,1H3. The van der Waals surface area contributed by atoms with Crippen LogP contribution in [-0.4, -0.2) is 41.0 Å². The van der Waals surface area contributed by atoms with Crippen molar-refractivity contribution in [3.8, 4) is 0 Å². The maximum atomic E-state index is 12.7. The highest BCUT2D eigenvalue weighted by molar-refractivity contribution is 7.99. The molecule has 0 amide bonds. The topological polar surface area (TPSA) is 23.5 Å². The van der Waals surface area contributed by atoms with Crippen LogP contribution in [0.3, 0.4) is 0 Å². The van der Waals surface area contributed by atoms with Crippen molar-refractivity contribution >= 4 is 11.8 Å². The molecule has 0 radical (unpaired) electrons. The highest BCUT2D eigenvalue weighted by Crippen LogP contribution is 2.22. The highest BCUT2D eigenvalue weighted by Gasteiger charge is 2.27. The highest BCUT2D eigenvalue weighted by atomic mass is 32.2. The first kappa shape index (κ1) is 13.8. The summed E-state index contributed by atoms with van der Waals surface area (Å²) >= 11 is 1.73. The second kappa shape index (κ2) is 6.04. The van der Waals surface area contributed by atoms with E-state index in [0.29, 0.717) is 0 Å². The van der Waals surface area contributed by atoms with Crippen LogP contribution in [0.2, 0.25) is 0 Å². The maximum Gasteiger partial charge on any atom is 0.123 e. The van der Waals surface area contributed by atoms with Gasteiger partial charge in [0.2, 0.25) is 0 Å². The monoisotopic (exact) mass is 269 g/mol. The fraction of sp³-hybridized carbons (Fsp3) is 0.571. The van der Waals surface area contributed by atoms with Crippen LogP contribution in [0.25, 0.3) is 0 Å². The Kier molecular flexibility index (Phi) is 4.65. The summed E-state index contributed by atoms with van der Waals surface area (Å²) in [5, 5.41) is 10.0. The number of likely N-dealkylation sites (tertiary alicyclic amines) is 1. The molecule has 0 saturated carbocycles. The van der Waals surface area contributed by atoms with Crippen molar-refractivity contribution in [1.82, 2.24) is 4.90 Å². The number of rotatable bonds is 4. The van der Waals surface area contributed by atoms with E-state index in [-0.39, 0.29) is 5.82 Å². The number of halogens is 1. The molecule has 1 atom stereocenters. The molecule has 1 heterocycles. The lowest BCUT2D eigenvalue weighted by molar-refractivity contribution is -0.0133. The largest absolute Gasteiger partial charge is 0.389 e. The van der Waals surface area contributed by atoms with Gasteiger partial charge in [-0.15, -0.1) is 11.8 Å². The second-order valence-electron chi connectivity index (χ2n) is 5.18. The summed E-state index contributed by atoms with van der Waals surface area (Å²) in [5.74, 6) is 0.785. The van der Waals surface area contributed by atoms with E-state index in [0.717, 1.165) is 43.1 Å². The maximum absolute atomic E-state index is 12.7. The minimum absolute atomic E-state index is 0.188. The number of hydrogen-bond donors (Lipinski definition) is 1. The molecule has 1 saturated heterocycles. The van der Waals surface area contributed by atoms with Gasteiger partial charge in [0, 0.05) is 23.7 Å². The van der Waals surface area contributed by atoms with Gasteiger partial charge in [-0.1, -0.05) is 0 Å². The van der Waals surface area contributed by atoms with Gasteiger partial charge < -0.3 is 5.11 Å². The number of piperidine rings is 1. The smallest absolute Gasteiger partial charge is 0.123 e. The van der Waals surface area contributed by atoms with Crippen molar-refractivity contribution in [1.29, 1.82) is 0 Å². The first-order valence-corrected chi connectivity index (χ1v) is 7.37. The van der Waals surface area contributed by atoms with Crippen LogP contribution in [0.15, 0.2) is 29.2 Å². The Morgan fingerprint density at radius 2 is 2.11 bits per heavy atom. The van der Waals surface area contributed by atoms with Gasteiger partial charge in [-0.25, -0.2) is 4.39 Å². The lowest BCUT2D eigenvalue weighted by Gasteiger charge is -2.36. The molecule has 18 heavy (non-hydrogen) atoms. The molecule has 1 aromatic carbocycles. The number of nitrogens with zero attached hydrogens (tertiary/aromatic N) is 1. The van der Waals surface area contributed by atoms with Gasteiger partial charge in [0.15, 0.2) is 0 Å². The van der Waals surface area contributed by atoms with Crippen LogP contribution in [0.1, 0.15) is 19.8 Å². The molecule has 1 N–H and O–H groups in total. The molecule has 1 unspecified atom stereocenters. The van der Waals surface area contributed by atoms with Gasteiger partial charge in [-0.2, -0.15) is 0 Å². The number of aliphatic hydroxyl groups is 1. The predicted molar refractivity (Wildman–Crippen MR) is 73.4 cm³/mol. The molecule has 2 rings (SSSR count). The Balaban J connectivity index is 1.73. The zero-order valence-electron chi connectivity index (χ0n) is 10.7. The zero-order valence-corrected chi connectivity index (χ0v) is 11.5. The molecule has 0 aliphatic carbocycles. The van der Waals surface area contributed by atoms with Crippen LogP contribution in [0, 0.1) is 5.82 Å². The molecule has 1 aliphatic heterocycles. The van der Waals surface area contributed by atoms with E-state index in [4.69, 9.17) is 0 Å². The predicted octanol–water partition coefficient (Wildman–Crippen LogP) is 2.76. The lowest BCUT2D eigenvalue weighted by Crippen LogP contribution is -2.46. The minimum atomic E-state index is -0.529. The van der Waals surface area contributed by atoms with Crippen molar-refractivity contribution in [2.75, 3.05) is 25.4 Å². The van der Waals surface area contributed by atoms with E-state index in [1.54, 1.807) is 11.8 Å². The average molecular weight is 269 g/mol. The third-order valence-electron chi connectivity index (χ3n) is 3.24. The van der Waals surface area contributed by atoms with Gasteiger partial charge in [-0.05, 0) is 50.6 Å². The normalized spacial score (nSPS) is 25.3. The third-order valence-corrected chi connectivity index (χ3v) is 4.24. The van der Waals surface area contributed by atoms with Crippen LogP contribution >= 0.6 is 11.8 Å². The molecule has 1 fully saturated rings. The van der Waals surface area contributed by atoms with Crippen molar-refractivity contribution in [3.63, 3.8) is 0 Å². The molecule has 2 nitrogen and oxygen atoms in total. The summed E-state index contributed by atoms with van der Waals surface area (Å²) in [6, 6.07) is 6.61. The van der Waals surface area contributed by atoms with Crippen molar-refractivity contribution in [3.05, 3.63) is 30.1 Å². The summed E-state index contributed by atoms with van der Waals surface area (Å²) in [7, 11) is 0. The van der Waals surface area contributed by atoms with Crippen LogP contribution in [0.5, 0.6) is 0 Å². The minimum Gasteiger partial charge on any atom is -0.389 e. The molecule has 100 valence electrons. The van der Waals surface area contributed by atoms with E-state index < -0.39 is 5.60 Å². The summed E-state index contributed by atoms with van der Waals surface area (Å²) in [6.45, 7) is 4.71. The molecule has 0 bridgehead atoms. The molecular weight excluding hydrogens is 249 g/mol. The third kappa shape index (κ3) is 4.26. The van der Waals surface area contributed by atoms with Gasteiger partial charge in [-0.3, -0.25) is 4.90 Å². The van der Waals surface area contributed by atoms with E-state index in [2.05, 4.69) is 4.90 Å². The summed E-state index contributed by atoms with van der Waals surface area (Å²) < 4.78 is 12.7. The Morgan fingerprint density at radius 3 is 2.78 bits per heavy atom. The van der Waals surface area contributed by atoms with E-state index in [9.17, 15) is 9.50 Å². The van der Waals surface area contributed by atoms with Crippen LogP contribution < -0.4 is 0 Å². The molecule has 1 aromatic rings. The fourth-order valence-corrected chi connectivity index (χ4v) is 3.25. The van der Waals surface area contributed by atoms with Crippen LogP contribution in [-0.2, 0) is 0 Å². The van der Waals surface area contributed by atoms with Crippen molar-refractivity contribution < 1.29 is 9.50 Å². The average Bonchev–Trinajstić information content (AvgIpc) is 2.30. The Labute approximate surface area is 112 Å². The summed E-state index contributed by atoms with van der Waals surface area (Å²) in [6.07, 6.45) is 1.96. The Bertz CT molecular complexity index is 380. The lowest BCUT2D eigenvalue weighted by atomic mass is 9.95. The zero-order chi connectivity index (χ0) is 13.0. The quantitative estimate of drug-likeness (QED) is 0.850. The number of thioether (sulfide) groups is 1. The molecule has 0 spiro atoms. The van der Waals surface area contributed by atoms with Crippen molar-refractivity contribution in [2.24, 2.45) is 0 Å². The fourth-order valence-electron chi connectivity index (χ4n) is 2.34. The first-order valence-electron chi connectivity index (χ1n) is 6.38. The molecule has 4 heteroatoms. The molecular formula is C14H20FNOS. The summed E-state index contributed by atoms with van der Waals surface area (Å²) in [4.78, 5) is 3.40. The Morgan fingerprint density at radius 1 is 1.39 bits per heavy atom. The second-order valence-corrected chi connectivity index (χ2v) is 6.35. The molecule has 0 aromatic heterocycles. The molecule has 1 aliphatic rings. The van der Waals surface area contributed by atoms with Gasteiger partial charge in [0.25, 0.3) is 0 Å². The Hall–Kier alpha value is -0.580. The van der Waals surface area contributed by atoms with Gasteiger partial charge in [0.1, 0.15) is 5.82 Å². The SMILES string of the molecule is CC1(O)CCCN(CCSc2ccc(F)cc2)C1. The van der Waals surface area contributed by atoms with Crippen LogP contribution in [0.4, 0.5) is 4.39 Å². The van der Waals surface area contributed by atoms with E-state index in [1.807, 2.05) is 19.1 Å².